The number of piperidine rings is 1. The number of carbonyl (C=O) groups excluding carboxylic acids is 1. The van der Waals surface area contributed by atoms with E-state index in [9.17, 15) is 4.79 Å². The third-order valence-corrected chi connectivity index (χ3v) is 4.17. The van der Waals surface area contributed by atoms with Gasteiger partial charge in [-0.3, -0.25) is 9.69 Å². The lowest BCUT2D eigenvalue weighted by atomic mass is 9.97. The molecule has 0 amide bonds. The summed E-state index contributed by atoms with van der Waals surface area (Å²) in [5.41, 5.74) is 1.13. The van der Waals surface area contributed by atoms with E-state index in [0.29, 0.717) is 0 Å². The molecule has 0 radical (unpaired) electrons. The molecule has 0 unspecified atom stereocenters. The zero-order valence-electron chi connectivity index (χ0n) is 11.9. The van der Waals surface area contributed by atoms with Gasteiger partial charge in [-0.05, 0) is 37.6 Å². The van der Waals surface area contributed by atoms with Crippen molar-refractivity contribution in [2.24, 2.45) is 5.92 Å². The summed E-state index contributed by atoms with van der Waals surface area (Å²) in [4.78, 5) is 13.9. The zero-order chi connectivity index (χ0) is 14.5. The van der Waals surface area contributed by atoms with Crippen LogP contribution in [0.5, 0.6) is 5.75 Å². The Bertz CT molecular complexity index is 478. The van der Waals surface area contributed by atoms with Gasteiger partial charge in [0.25, 0.3) is 0 Å². The van der Waals surface area contributed by atoms with Crippen LogP contribution < -0.4 is 4.74 Å². The number of methoxy groups -OCH3 is 2. The summed E-state index contributed by atoms with van der Waals surface area (Å²) >= 11 is 3.49. The number of likely N-dealkylation sites (tertiary alicyclic amines) is 1. The van der Waals surface area contributed by atoms with Gasteiger partial charge in [-0.1, -0.05) is 15.9 Å². The predicted octanol–water partition coefficient (Wildman–Crippen LogP) is 2.84. The van der Waals surface area contributed by atoms with E-state index < -0.39 is 0 Å². The van der Waals surface area contributed by atoms with E-state index >= 15 is 0 Å². The van der Waals surface area contributed by atoms with Crippen LogP contribution in [0.4, 0.5) is 0 Å². The number of carbonyl (C=O) groups is 1. The van der Waals surface area contributed by atoms with Crippen LogP contribution in [-0.4, -0.2) is 38.2 Å². The highest BCUT2D eigenvalue weighted by molar-refractivity contribution is 9.10. The Morgan fingerprint density at radius 1 is 1.45 bits per heavy atom. The van der Waals surface area contributed by atoms with E-state index in [1.807, 2.05) is 12.1 Å². The summed E-state index contributed by atoms with van der Waals surface area (Å²) in [7, 11) is 3.14. The summed E-state index contributed by atoms with van der Waals surface area (Å²) < 4.78 is 11.3. The number of ether oxygens (including phenoxy) is 2. The molecular weight excluding hydrogens is 322 g/mol. The third kappa shape index (κ3) is 3.73. The minimum absolute atomic E-state index is 0.00750. The largest absolute Gasteiger partial charge is 0.496 e. The van der Waals surface area contributed by atoms with Crippen molar-refractivity contribution in [3.63, 3.8) is 0 Å². The van der Waals surface area contributed by atoms with Crippen LogP contribution in [0.25, 0.3) is 0 Å². The van der Waals surface area contributed by atoms with Gasteiger partial charge in [-0.2, -0.15) is 0 Å². The molecule has 1 aliphatic heterocycles. The van der Waals surface area contributed by atoms with Crippen molar-refractivity contribution in [3.05, 3.63) is 28.2 Å². The Balaban J connectivity index is 2.06. The molecule has 0 saturated carbocycles. The smallest absolute Gasteiger partial charge is 0.309 e. The van der Waals surface area contributed by atoms with Crippen molar-refractivity contribution in [3.8, 4) is 5.75 Å². The maximum Gasteiger partial charge on any atom is 0.309 e. The number of esters is 1. The van der Waals surface area contributed by atoms with Gasteiger partial charge < -0.3 is 9.47 Å². The number of hydrogen-bond acceptors (Lipinski definition) is 4. The second kappa shape index (κ2) is 7.09. The van der Waals surface area contributed by atoms with E-state index in [-0.39, 0.29) is 11.9 Å². The minimum Gasteiger partial charge on any atom is -0.496 e. The highest BCUT2D eigenvalue weighted by atomic mass is 79.9. The fourth-order valence-corrected chi connectivity index (χ4v) is 3.08. The lowest BCUT2D eigenvalue weighted by Crippen LogP contribution is -2.38. The van der Waals surface area contributed by atoms with Crippen molar-refractivity contribution < 1.29 is 14.3 Å². The second-order valence-electron chi connectivity index (χ2n) is 5.05. The van der Waals surface area contributed by atoms with Gasteiger partial charge in [0.1, 0.15) is 5.75 Å². The van der Waals surface area contributed by atoms with E-state index in [0.717, 1.165) is 48.3 Å². The lowest BCUT2D eigenvalue weighted by molar-refractivity contribution is -0.147. The van der Waals surface area contributed by atoms with Gasteiger partial charge in [-0.25, -0.2) is 0 Å². The molecule has 1 atom stereocenters. The number of hydrogen-bond donors (Lipinski definition) is 0. The predicted molar refractivity (Wildman–Crippen MR) is 80.7 cm³/mol. The molecule has 110 valence electrons. The molecule has 20 heavy (non-hydrogen) atoms. The Morgan fingerprint density at radius 2 is 2.25 bits per heavy atom. The Hall–Kier alpha value is -1.07. The van der Waals surface area contributed by atoms with Crippen LogP contribution in [0.15, 0.2) is 22.7 Å². The molecule has 0 bridgehead atoms. The maximum absolute atomic E-state index is 11.7. The fraction of sp³-hybridized carbons (Fsp3) is 0.533. The minimum atomic E-state index is -0.101. The van der Waals surface area contributed by atoms with Crippen molar-refractivity contribution in [1.82, 2.24) is 4.90 Å². The lowest BCUT2D eigenvalue weighted by Gasteiger charge is -2.31. The van der Waals surface area contributed by atoms with E-state index in [1.165, 1.54) is 7.11 Å². The van der Waals surface area contributed by atoms with E-state index in [1.54, 1.807) is 7.11 Å². The number of benzene rings is 1. The van der Waals surface area contributed by atoms with Crippen LogP contribution in [-0.2, 0) is 16.1 Å². The molecule has 0 spiro atoms. The molecule has 5 heteroatoms. The highest BCUT2D eigenvalue weighted by Gasteiger charge is 2.26. The van der Waals surface area contributed by atoms with Gasteiger partial charge >= 0.3 is 5.97 Å². The fourth-order valence-electron chi connectivity index (χ4n) is 2.67. The summed E-state index contributed by atoms with van der Waals surface area (Å²) in [5, 5.41) is 0. The first-order valence-electron chi connectivity index (χ1n) is 6.76. The number of rotatable bonds is 4. The summed E-state index contributed by atoms with van der Waals surface area (Å²) in [6.45, 7) is 2.54. The molecule has 0 N–H and O–H groups in total. The normalized spacial score (nSPS) is 19.6. The monoisotopic (exact) mass is 341 g/mol. The van der Waals surface area contributed by atoms with E-state index in [2.05, 4.69) is 26.9 Å². The van der Waals surface area contributed by atoms with Crippen molar-refractivity contribution in [2.75, 3.05) is 27.3 Å². The quantitative estimate of drug-likeness (QED) is 0.789. The third-order valence-electron chi connectivity index (χ3n) is 3.68. The second-order valence-corrected chi connectivity index (χ2v) is 5.97. The first kappa shape index (κ1) is 15.3. The average molecular weight is 342 g/mol. The Labute approximate surface area is 128 Å². The molecule has 4 nitrogen and oxygen atoms in total. The summed E-state index contributed by atoms with van der Waals surface area (Å²) in [5.74, 6) is 0.774. The number of halogens is 1. The Kier molecular flexibility index (Phi) is 5.43. The van der Waals surface area contributed by atoms with Crippen LogP contribution in [0.2, 0.25) is 0 Å². The highest BCUT2D eigenvalue weighted by Crippen LogP contribution is 2.26. The van der Waals surface area contributed by atoms with Gasteiger partial charge in [0.05, 0.1) is 20.1 Å². The Morgan fingerprint density at radius 3 is 2.95 bits per heavy atom. The van der Waals surface area contributed by atoms with Crippen molar-refractivity contribution in [1.29, 1.82) is 0 Å². The molecule has 1 aliphatic rings. The van der Waals surface area contributed by atoms with Gasteiger partial charge in [-0.15, -0.1) is 0 Å². The van der Waals surface area contributed by atoms with Crippen LogP contribution >= 0.6 is 15.9 Å². The van der Waals surface area contributed by atoms with Gasteiger partial charge in [0.2, 0.25) is 0 Å². The average Bonchev–Trinajstić information content (AvgIpc) is 2.47. The topological polar surface area (TPSA) is 38.8 Å². The summed E-state index contributed by atoms with van der Waals surface area (Å²) in [6, 6.07) is 6.00. The van der Waals surface area contributed by atoms with Crippen LogP contribution in [0.1, 0.15) is 18.4 Å². The number of nitrogens with zero attached hydrogens (tertiary/aromatic N) is 1. The van der Waals surface area contributed by atoms with Gasteiger partial charge in [0.15, 0.2) is 0 Å². The molecule has 1 heterocycles. The SMILES string of the molecule is COC(=O)[C@H]1CCCN(Cc2cc(Br)ccc2OC)C1. The first-order chi connectivity index (χ1) is 9.63. The molecule has 0 aliphatic carbocycles. The van der Waals surface area contributed by atoms with Crippen LogP contribution in [0.3, 0.4) is 0 Å². The summed E-state index contributed by atoms with van der Waals surface area (Å²) in [6.07, 6.45) is 1.94. The molecule has 1 fully saturated rings. The molecule has 0 aromatic heterocycles. The zero-order valence-corrected chi connectivity index (χ0v) is 13.5. The molecular formula is C15H20BrNO3. The van der Waals surface area contributed by atoms with Crippen molar-refractivity contribution in [2.45, 2.75) is 19.4 Å². The van der Waals surface area contributed by atoms with E-state index in [4.69, 9.17) is 9.47 Å². The molecule has 2 rings (SSSR count). The van der Waals surface area contributed by atoms with Crippen LogP contribution in [0, 0.1) is 5.92 Å². The van der Waals surface area contributed by atoms with Gasteiger partial charge in [0, 0.05) is 23.1 Å². The molecule has 1 saturated heterocycles. The molecule has 1 aromatic carbocycles. The standard InChI is InChI=1S/C15H20BrNO3/c1-19-14-6-5-13(16)8-12(14)10-17-7-3-4-11(9-17)15(18)20-2/h5-6,8,11H,3-4,7,9-10H2,1-2H3/t11-/m0/s1. The maximum atomic E-state index is 11.7. The molecule has 1 aromatic rings. The van der Waals surface area contributed by atoms with Crippen molar-refractivity contribution >= 4 is 21.9 Å². The first-order valence-corrected chi connectivity index (χ1v) is 7.56.